The summed E-state index contributed by atoms with van der Waals surface area (Å²) in [6.07, 6.45) is 5.00. The molecule has 0 aromatic carbocycles. The molecule has 2 aromatic rings. The monoisotopic (exact) mass is 255 g/mol. The maximum atomic E-state index is 10.6. The van der Waals surface area contributed by atoms with Crippen LogP contribution >= 0.6 is 0 Å². The molecule has 4 N–H and O–H groups in total. The molecule has 19 heavy (non-hydrogen) atoms. The van der Waals surface area contributed by atoms with E-state index in [1.54, 1.807) is 6.07 Å². The number of hydrogen-bond donors (Lipinski definition) is 2. The summed E-state index contributed by atoms with van der Waals surface area (Å²) in [7, 11) is 0. The first-order valence-corrected chi connectivity index (χ1v) is 5.15. The van der Waals surface area contributed by atoms with E-state index in [0.29, 0.717) is 11.1 Å². The summed E-state index contributed by atoms with van der Waals surface area (Å²) in [5.74, 6) is 6.07. The Morgan fingerprint density at radius 1 is 1.11 bits per heavy atom. The Hall–Kier alpha value is -3.14. The molecular formula is C12H9N5O2. The van der Waals surface area contributed by atoms with Crippen molar-refractivity contribution in [2.45, 2.75) is 0 Å². The fourth-order valence-electron chi connectivity index (χ4n) is 1.21. The van der Waals surface area contributed by atoms with E-state index >= 15 is 0 Å². The van der Waals surface area contributed by atoms with Crippen LogP contribution in [0, 0.1) is 11.8 Å². The van der Waals surface area contributed by atoms with Crippen molar-refractivity contribution in [1.29, 1.82) is 0 Å². The fourth-order valence-corrected chi connectivity index (χ4v) is 1.21. The van der Waals surface area contributed by atoms with E-state index in [-0.39, 0.29) is 11.7 Å². The molecular weight excluding hydrogens is 246 g/mol. The largest absolute Gasteiger partial charge is 0.410 e. The Morgan fingerprint density at radius 3 is 2.47 bits per heavy atom. The van der Waals surface area contributed by atoms with Gasteiger partial charge in [0.05, 0.1) is 11.8 Å². The number of nitrogen functional groups attached to an aromatic ring is 1. The zero-order chi connectivity index (χ0) is 13.7. The average Bonchev–Trinajstić information content (AvgIpc) is 2.38. The first kappa shape index (κ1) is 12.3. The van der Waals surface area contributed by atoms with Gasteiger partial charge in [-0.05, 0) is 6.07 Å². The van der Waals surface area contributed by atoms with Gasteiger partial charge in [0.1, 0.15) is 0 Å². The third-order valence-electron chi connectivity index (χ3n) is 1.95. The van der Waals surface area contributed by atoms with E-state index in [1.807, 2.05) is 0 Å². The highest BCUT2D eigenvalue weighted by atomic mass is 16.5. The van der Waals surface area contributed by atoms with Gasteiger partial charge in [-0.2, -0.15) is 0 Å². The Morgan fingerprint density at radius 2 is 1.79 bits per heavy atom. The quantitative estimate of drug-likeness (QED) is 0.708. The summed E-state index contributed by atoms with van der Waals surface area (Å²) in [5.41, 5.74) is 11.4. The maximum Gasteiger partial charge on any atom is 0.410 e. The molecule has 0 saturated carbocycles. The Bertz CT molecular complexity index is 658. The SMILES string of the molecule is NC(=O)Oc1cncc(C#Cc2cnc(N)nc2)c1. The van der Waals surface area contributed by atoms with Crippen LogP contribution in [0.1, 0.15) is 11.1 Å². The minimum Gasteiger partial charge on any atom is -0.409 e. The van der Waals surface area contributed by atoms with Crippen molar-refractivity contribution in [1.82, 2.24) is 15.0 Å². The van der Waals surface area contributed by atoms with Crippen LogP contribution in [0.25, 0.3) is 0 Å². The number of ether oxygens (including phenoxy) is 1. The second-order valence-electron chi connectivity index (χ2n) is 3.41. The van der Waals surface area contributed by atoms with Gasteiger partial charge in [0.2, 0.25) is 5.95 Å². The Kier molecular flexibility index (Phi) is 3.54. The van der Waals surface area contributed by atoms with Gasteiger partial charge in [-0.1, -0.05) is 11.8 Å². The summed E-state index contributed by atoms with van der Waals surface area (Å²) in [5, 5.41) is 0. The lowest BCUT2D eigenvalue weighted by atomic mass is 10.2. The first-order valence-electron chi connectivity index (χ1n) is 5.15. The highest BCUT2D eigenvalue weighted by Crippen LogP contribution is 2.10. The third kappa shape index (κ3) is 3.67. The molecule has 1 amide bonds. The zero-order valence-corrected chi connectivity index (χ0v) is 9.70. The minimum atomic E-state index is -0.904. The minimum absolute atomic E-state index is 0.184. The van der Waals surface area contributed by atoms with Crippen molar-refractivity contribution in [2.24, 2.45) is 5.73 Å². The van der Waals surface area contributed by atoms with E-state index in [1.165, 1.54) is 24.8 Å². The van der Waals surface area contributed by atoms with E-state index in [9.17, 15) is 4.79 Å². The number of rotatable bonds is 1. The molecule has 0 atom stereocenters. The van der Waals surface area contributed by atoms with E-state index in [0.717, 1.165) is 0 Å². The van der Waals surface area contributed by atoms with Crippen LogP contribution in [0.2, 0.25) is 0 Å². The number of carbonyl (C=O) groups excluding carboxylic acids is 1. The van der Waals surface area contributed by atoms with Gasteiger partial charge < -0.3 is 16.2 Å². The lowest BCUT2D eigenvalue weighted by Gasteiger charge is -1.99. The molecule has 2 aromatic heterocycles. The molecule has 0 bridgehead atoms. The molecule has 2 rings (SSSR count). The van der Waals surface area contributed by atoms with Gasteiger partial charge in [0, 0.05) is 24.2 Å². The van der Waals surface area contributed by atoms with Crippen molar-refractivity contribution >= 4 is 12.0 Å². The molecule has 2 heterocycles. The van der Waals surface area contributed by atoms with Gasteiger partial charge in [0.25, 0.3) is 0 Å². The number of primary amides is 1. The summed E-state index contributed by atoms with van der Waals surface area (Å²) >= 11 is 0. The Balaban J connectivity index is 2.19. The molecule has 0 unspecified atom stereocenters. The normalized spacial score (nSPS) is 9.26. The molecule has 0 spiro atoms. The predicted molar refractivity (Wildman–Crippen MR) is 66.9 cm³/mol. The van der Waals surface area contributed by atoms with Crippen LogP contribution in [-0.4, -0.2) is 21.0 Å². The second kappa shape index (κ2) is 5.46. The summed E-state index contributed by atoms with van der Waals surface area (Å²) in [4.78, 5) is 22.1. The molecule has 0 aliphatic carbocycles. The number of anilines is 1. The summed E-state index contributed by atoms with van der Waals surface area (Å²) < 4.78 is 4.69. The smallest absolute Gasteiger partial charge is 0.409 e. The van der Waals surface area contributed by atoms with Gasteiger partial charge in [-0.3, -0.25) is 4.98 Å². The van der Waals surface area contributed by atoms with Gasteiger partial charge in [-0.25, -0.2) is 14.8 Å². The lowest BCUT2D eigenvalue weighted by molar-refractivity contribution is 0.210. The molecule has 0 saturated heterocycles. The zero-order valence-electron chi connectivity index (χ0n) is 9.70. The molecule has 94 valence electrons. The third-order valence-corrected chi connectivity index (χ3v) is 1.95. The number of aromatic nitrogens is 3. The fraction of sp³-hybridized carbons (Fsp3) is 0. The maximum absolute atomic E-state index is 10.6. The van der Waals surface area contributed by atoms with Gasteiger partial charge in [0.15, 0.2) is 5.75 Å². The van der Waals surface area contributed by atoms with Crippen molar-refractivity contribution in [3.05, 3.63) is 42.0 Å². The molecule has 0 aliphatic heterocycles. The highest BCUT2D eigenvalue weighted by molar-refractivity contribution is 5.68. The van der Waals surface area contributed by atoms with Gasteiger partial charge in [-0.15, -0.1) is 0 Å². The van der Waals surface area contributed by atoms with Gasteiger partial charge >= 0.3 is 6.09 Å². The second-order valence-corrected chi connectivity index (χ2v) is 3.41. The van der Waals surface area contributed by atoms with Crippen molar-refractivity contribution < 1.29 is 9.53 Å². The van der Waals surface area contributed by atoms with Crippen LogP contribution in [0.4, 0.5) is 10.7 Å². The number of nitrogens with two attached hydrogens (primary N) is 2. The number of carbonyl (C=O) groups is 1. The van der Waals surface area contributed by atoms with Crippen LogP contribution in [0.3, 0.4) is 0 Å². The number of amides is 1. The highest BCUT2D eigenvalue weighted by Gasteiger charge is 1.99. The molecule has 0 radical (unpaired) electrons. The number of hydrogen-bond acceptors (Lipinski definition) is 6. The topological polar surface area (TPSA) is 117 Å². The molecule has 7 heteroatoms. The number of nitrogens with zero attached hydrogens (tertiary/aromatic N) is 3. The van der Waals surface area contributed by atoms with Crippen molar-refractivity contribution in [3.63, 3.8) is 0 Å². The average molecular weight is 255 g/mol. The van der Waals surface area contributed by atoms with E-state index < -0.39 is 6.09 Å². The summed E-state index contributed by atoms with van der Waals surface area (Å²) in [6.45, 7) is 0. The first-order chi connectivity index (χ1) is 9.13. The standard InChI is InChI=1S/C12H9N5O2/c13-11-16-5-9(6-17-11)2-1-8-3-10(7-15-4-8)19-12(14)18/h3-7H,(H2,14,18)(H2,13,16,17). The molecule has 0 fully saturated rings. The summed E-state index contributed by atoms with van der Waals surface area (Å²) in [6, 6.07) is 1.54. The van der Waals surface area contributed by atoms with Crippen LogP contribution in [-0.2, 0) is 0 Å². The van der Waals surface area contributed by atoms with Crippen LogP contribution in [0.15, 0.2) is 30.9 Å². The lowest BCUT2D eigenvalue weighted by Crippen LogP contribution is -2.16. The van der Waals surface area contributed by atoms with Crippen LogP contribution in [0.5, 0.6) is 5.75 Å². The molecule has 0 aliphatic rings. The van der Waals surface area contributed by atoms with E-state index in [2.05, 4.69) is 26.8 Å². The van der Waals surface area contributed by atoms with Crippen molar-refractivity contribution in [2.75, 3.05) is 5.73 Å². The van der Waals surface area contributed by atoms with E-state index in [4.69, 9.17) is 16.2 Å². The van der Waals surface area contributed by atoms with Crippen molar-refractivity contribution in [3.8, 4) is 17.6 Å². The predicted octanol–water partition coefficient (Wildman–Crippen LogP) is 0.311. The number of pyridine rings is 1. The Labute approximate surface area is 108 Å². The van der Waals surface area contributed by atoms with Crippen LogP contribution < -0.4 is 16.2 Å². The molecule has 7 nitrogen and oxygen atoms in total.